The SMILES string of the molecule is CCC(Sc1ccc(NC(=O)/C(=C/c2cc(OC)ccc2OC)NC(=O)c2ccccc2)cc1)C(=O)N1c2ccccc2Sc2ccccc21. The Balaban J connectivity index is 1.21. The lowest BCUT2D eigenvalue weighted by atomic mass is 10.1. The van der Waals surface area contributed by atoms with Crippen LogP contribution in [0.15, 0.2) is 142 Å². The third-order valence-corrected chi connectivity index (χ3v) is 10.4. The van der Waals surface area contributed by atoms with Gasteiger partial charge in [0.05, 0.1) is 30.8 Å². The van der Waals surface area contributed by atoms with Crippen LogP contribution in [-0.2, 0) is 9.59 Å². The minimum atomic E-state index is -0.526. The highest BCUT2D eigenvalue weighted by Gasteiger charge is 2.32. The number of nitrogens with zero attached hydrogens (tertiary/aromatic N) is 1. The monoisotopic (exact) mass is 701 g/mol. The van der Waals surface area contributed by atoms with E-state index in [4.69, 9.17) is 9.47 Å². The fourth-order valence-corrected chi connectivity index (χ4v) is 7.48. The molecule has 0 fully saturated rings. The van der Waals surface area contributed by atoms with Crippen LogP contribution in [0.4, 0.5) is 17.1 Å². The largest absolute Gasteiger partial charge is 0.497 e. The van der Waals surface area contributed by atoms with Crippen molar-refractivity contribution < 1.29 is 23.9 Å². The first kappa shape index (κ1) is 34.4. The van der Waals surface area contributed by atoms with E-state index in [0.717, 1.165) is 26.1 Å². The van der Waals surface area contributed by atoms with Gasteiger partial charge in [0.25, 0.3) is 11.8 Å². The van der Waals surface area contributed by atoms with Crippen LogP contribution in [0.2, 0.25) is 0 Å². The van der Waals surface area contributed by atoms with E-state index in [1.165, 1.54) is 18.9 Å². The molecule has 8 nitrogen and oxygen atoms in total. The van der Waals surface area contributed by atoms with Crippen LogP contribution in [0, 0.1) is 0 Å². The van der Waals surface area contributed by atoms with Gasteiger partial charge in [-0.15, -0.1) is 11.8 Å². The van der Waals surface area contributed by atoms with Crippen LogP contribution in [0.25, 0.3) is 6.08 Å². The molecule has 0 bridgehead atoms. The number of rotatable bonds is 11. The molecule has 10 heteroatoms. The van der Waals surface area contributed by atoms with Crippen LogP contribution < -0.4 is 25.0 Å². The first-order valence-electron chi connectivity index (χ1n) is 16.0. The van der Waals surface area contributed by atoms with Gasteiger partial charge in [0.15, 0.2) is 0 Å². The molecule has 0 spiro atoms. The number of carbonyl (C=O) groups is 3. The zero-order chi connectivity index (χ0) is 35.0. The summed E-state index contributed by atoms with van der Waals surface area (Å²) in [4.78, 5) is 45.8. The number of fused-ring (bicyclic) bond motifs is 2. The van der Waals surface area contributed by atoms with Crippen molar-refractivity contribution in [1.82, 2.24) is 5.32 Å². The molecule has 0 saturated carbocycles. The summed E-state index contributed by atoms with van der Waals surface area (Å²) in [5, 5.41) is 5.31. The second-order valence-electron chi connectivity index (χ2n) is 11.2. The third kappa shape index (κ3) is 7.72. The minimum Gasteiger partial charge on any atom is -0.497 e. The Morgan fingerprint density at radius 2 is 1.44 bits per heavy atom. The summed E-state index contributed by atoms with van der Waals surface area (Å²) in [6.07, 6.45) is 2.17. The zero-order valence-electron chi connectivity index (χ0n) is 27.7. The Morgan fingerprint density at radius 1 is 0.800 bits per heavy atom. The number of benzene rings is 5. The molecule has 1 unspecified atom stereocenters. The Hall–Kier alpha value is -5.45. The maximum absolute atomic E-state index is 14.2. The van der Waals surface area contributed by atoms with Gasteiger partial charge in [-0.1, -0.05) is 61.2 Å². The predicted octanol–water partition coefficient (Wildman–Crippen LogP) is 8.81. The van der Waals surface area contributed by atoms with E-state index < -0.39 is 11.8 Å². The topological polar surface area (TPSA) is 97.0 Å². The van der Waals surface area contributed by atoms with Gasteiger partial charge in [-0.3, -0.25) is 19.3 Å². The average molecular weight is 702 g/mol. The Labute approximate surface area is 299 Å². The highest BCUT2D eigenvalue weighted by Crippen LogP contribution is 2.49. The quantitative estimate of drug-likeness (QED) is 0.105. The summed E-state index contributed by atoms with van der Waals surface area (Å²) in [5.41, 5.74) is 3.25. The molecular formula is C40H35N3O5S2. The van der Waals surface area contributed by atoms with Crippen molar-refractivity contribution in [2.45, 2.75) is 33.3 Å². The molecule has 0 aliphatic carbocycles. The Kier molecular flexibility index (Phi) is 10.9. The van der Waals surface area contributed by atoms with E-state index in [1.807, 2.05) is 78.6 Å². The van der Waals surface area contributed by atoms with Crippen molar-refractivity contribution in [2.24, 2.45) is 0 Å². The van der Waals surface area contributed by atoms with Gasteiger partial charge in [0.1, 0.15) is 17.2 Å². The predicted molar refractivity (Wildman–Crippen MR) is 201 cm³/mol. The molecule has 252 valence electrons. The van der Waals surface area contributed by atoms with Crippen molar-refractivity contribution >= 4 is 64.4 Å². The summed E-state index contributed by atoms with van der Waals surface area (Å²) < 4.78 is 10.9. The van der Waals surface area contributed by atoms with Gasteiger partial charge in [-0.2, -0.15) is 0 Å². The Morgan fingerprint density at radius 3 is 2.06 bits per heavy atom. The summed E-state index contributed by atoms with van der Waals surface area (Å²) >= 11 is 3.15. The molecule has 1 aliphatic heterocycles. The van der Waals surface area contributed by atoms with E-state index >= 15 is 0 Å². The van der Waals surface area contributed by atoms with Crippen molar-refractivity contribution in [3.05, 3.63) is 138 Å². The molecular weight excluding hydrogens is 667 g/mol. The number of hydrogen-bond donors (Lipinski definition) is 2. The van der Waals surface area contributed by atoms with Gasteiger partial charge in [0, 0.05) is 31.5 Å². The Bertz CT molecular complexity index is 2010. The molecule has 0 radical (unpaired) electrons. The van der Waals surface area contributed by atoms with Crippen molar-refractivity contribution in [2.75, 3.05) is 24.4 Å². The third-order valence-electron chi connectivity index (χ3n) is 7.95. The smallest absolute Gasteiger partial charge is 0.272 e. The second kappa shape index (κ2) is 15.8. The number of amides is 3. The van der Waals surface area contributed by atoms with Gasteiger partial charge >= 0.3 is 0 Å². The maximum atomic E-state index is 14.2. The fraction of sp³-hybridized carbons (Fsp3) is 0.125. The van der Waals surface area contributed by atoms with Crippen molar-refractivity contribution in [1.29, 1.82) is 0 Å². The zero-order valence-corrected chi connectivity index (χ0v) is 29.3. The summed E-state index contributed by atoms with van der Waals surface area (Å²) in [6, 6.07) is 37.1. The highest BCUT2D eigenvalue weighted by atomic mass is 32.2. The van der Waals surface area contributed by atoms with E-state index in [-0.39, 0.29) is 16.9 Å². The van der Waals surface area contributed by atoms with Crippen LogP contribution in [-0.4, -0.2) is 37.2 Å². The molecule has 1 heterocycles. The van der Waals surface area contributed by atoms with Gasteiger partial charge in [-0.05, 0) is 91.4 Å². The first-order valence-corrected chi connectivity index (χ1v) is 17.7. The maximum Gasteiger partial charge on any atom is 0.272 e. The van der Waals surface area contributed by atoms with Crippen LogP contribution in [0.3, 0.4) is 0 Å². The van der Waals surface area contributed by atoms with Crippen LogP contribution in [0.5, 0.6) is 11.5 Å². The lowest BCUT2D eigenvalue weighted by Crippen LogP contribution is -2.35. The normalized spacial score (nSPS) is 12.6. The number of nitrogens with one attached hydrogen (secondary N) is 2. The lowest BCUT2D eigenvalue weighted by molar-refractivity contribution is -0.117. The number of carbonyl (C=O) groups excluding carboxylic acids is 3. The minimum absolute atomic E-state index is 0.00647. The number of hydrogen-bond acceptors (Lipinski definition) is 7. The molecule has 0 aromatic heterocycles. The molecule has 5 aromatic carbocycles. The molecule has 5 aromatic rings. The van der Waals surface area contributed by atoms with E-state index in [9.17, 15) is 14.4 Å². The number of para-hydroxylation sites is 2. The van der Waals surface area contributed by atoms with Gasteiger partial charge in [-0.25, -0.2) is 0 Å². The summed E-state index contributed by atoms with van der Waals surface area (Å²) in [7, 11) is 3.08. The average Bonchev–Trinajstić information content (AvgIpc) is 3.16. The molecule has 1 atom stereocenters. The highest BCUT2D eigenvalue weighted by molar-refractivity contribution is 8.00. The summed E-state index contributed by atoms with van der Waals surface area (Å²) in [6.45, 7) is 2.01. The van der Waals surface area contributed by atoms with Crippen LogP contribution in [0.1, 0.15) is 29.3 Å². The van der Waals surface area contributed by atoms with Crippen LogP contribution >= 0.6 is 23.5 Å². The van der Waals surface area contributed by atoms with Gasteiger partial charge < -0.3 is 20.1 Å². The number of ether oxygens (including phenoxy) is 2. The number of methoxy groups -OCH3 is 2. The summed E-state index contributed by atoms with van der Waals surface area (Å²) in [5.74, 6) is 0.111. The van der Waals surface area contributed by atoms with Crippen molar-refractivity contribution in [3.8, 4) is 11.5 Å². The molecule has 6 rings (SSSR count). The lowest BCUT2D eigenvalue weighted by Gasteiger charge is -2.33. The second-order valence-corrected chi connectivity index (χ2v) is 13.6. The first-order chi connectivity index (χ1) is 24.4. The van der Waals surface area contributed by atoms with Gasteiger partial charge in [0.2, 0.25) is 5.91 Å². The van der Waals surface area contributed by atoms with E-state index in [2.05, 4.69) is 10.6 Å². The standard InChI is InChI=1S/C40H35N3O5S2/c1-4-35(40(46)43-32-14-8-10-16-36(32)50-37-17-11-9-15-33(37)43)49-30-21-18-28(19-22-30)41-39(45)31(42-38(44)26-12-6-5-7-13-26)25-27-24-29(47-2)20-23-34(27)48-3/h5-25,35H,4H2,1-3H3,(H,41,45)(H,42,44)/b31-25-. The number of thioether (sulfide) groups is 1. The van der Waals surface area contributed by atoms with Crippen molar-refractivity contribution in [3.63, 3.8) is 0 Å². The molecule has 2 N–H and O–H groups in total. The van der Waals surface area contributed by atoms with E-state index in [0.29, 0.717) is 34.7 Å². The molecule has 50 heavy (non-hydrogen) atoms. The molecule has 1 aliphatic rings. The molecule has 3 amide bonds. The molecule has 0 saturated heterocycles. The fourth-order valence-electron chi connectivity index (χ4n) is 5.42. The van der Waals surface area contributed by atoms with E-state index in [1.54, 1.807) is 79.5 Å². The number of anilines is 3.